The van der Waals surface area contributed by atoms with Crippen LogP contribution in [0.5, 0.6) is 5.75 Å². The Labute approximate surface area is 191 Å². The Kier molecular flexibility index (Phi) is 5.46. The van der Waals surface area contributed by atoms with Gasteiger partial charge in [-0.2, -0.15) is 0 Å². The molecule has 3 amide bonds. The molecule has 0 bridgehead atoms. The summed E-state index contributed by atoms with van der Waals surface area (Å²) < 4.78 is 0. The molecule has 5 rings (SSSR count). The second-order valence-corrected chi connectivity index (χ2v) is 8.67. The molecule has 3 aromatic carbocycles. The number of amides is 3. The molecule has 168 valence electrons. The lowest BCUT2D eigenvalue weighted by atomic mass is 10.0. The van der Waals surface area contributed by atoms with Crippen LogP contribution in [-0.4, -0.2) is 40.3 Å². The number of aromatic hydroxyl groups is 1. The smallest absolute Gasteiger partial charge is 0.258 e. The summed E-state index contributed by atoms with van der Waals surface area (Å²) in [5.74, 6) is -0.529. The Morgan fingerprint density at radius 3 is 2.18 bits per heavy atom. The minimum Gasteiger partial charge on any atom is -0.506 e. The van der Waals surface area contributed by atoms with Gasteiger partial charge in [-0.3, -0.25) is 14.4 Å². The van der Waals surface area contributed by atoms with Gasteiger partial charge in [0.25, 0.3) is 5.91 Å². The van der Waals surface area contributed by atoms with Gasteiger partial charge in [0.05, 0.1) is 5.56 Å². The van der Waals surface area contributed by atoms with Gasteiger partial charge in [0.2, 0.25) is 11.8 Å². The Balaban J connectivity index is 1.28. The number of carbonyl (C=O) groups excluding carboxylic acids is 3. The summed E-state index contributed by atoms with van der Waals surface area (Å²) in [6.07, 6.45) is 3.15. The van der Waals surface area contributed by atoms with Crippen LogP contribution in [0.4, 0.5) is 11.4 Å². The third-order valence-corrected chi connectivity index (χ3v) is 6.32. The summed E-state index contributed by atoms with van der Waals surface area (Å²) >= 11 is 0. The van der Waals surface area contributed by atoms with E-state index in [2.05, 4.69) is 10.6 Å². The van der Waals surface area contributed by atoms with Crippen molar-refractivity contribution in [2.24, 2.45) is 5.92 Å². The van der Waals surface area contributed by atoms with Crippen LogP contribution >= 0.6 is 0 Å². The lowest BCUT2D eigenvalue weighted by Gasteiger charge is -2.24. The first kappa shape index (κ1) is 21.0. The van der Waals surface area contributed by atoms with Gasteiger partial charge in [-0.05, 0) is 61.4 Å². The molecule has 1 heterocycles. The van der Waals surface area contributed by atoms with E-state index < -0.39 is 6.04 Å². The second kappa shape index (κ2) is 8.58. The Bertz CT molecular complexity index is 1230. The number of rotatable bonds is 5. The van der Waals surface area contributed by atoms with E-state index in [0.29, 0.717) is 36.1 Å². The predicted molar refractivity (Wildman–Crippen MR) is 126 cm³/mol. The Morgan fingerprint density at radius 2 is 1.48 bits per heavy atom. The van der Waals surface area contributed by atoms with E-state index in [1.807, 2.05) is 18.2 Å². The van der Waals surface area contributed by atoms with Crippen molar-refractivity contribution in [3.8, 4) is 5.75 Å². The third kappa shape index (κ3) is 4.26. The van der Waals surface area contributed by atoms with Crippen LogP contribution in [0.25, 0.3) is 10.8 Å². The largest absolute Gasteiger partial charge is 0.506 e. The zero-order chi connectivity index (χ0) is 22.9. The minimum absolute atomic E-state index is 0.0313. The van der Waals surface area contributed by atoms with Crippen molar-refractivity contribution in [3.63, 3.8) is 0 Å². The molecule has 1 saturated heterocycles. The summed E-state index contributed by atoms with van der Waals surface area (Å²) in [6.45, 7) is 0.454. The molecular weight excluding hydrogens is 418 g/mol. The van der Waals surface area contributed by atoms with Crippen LogP contribution < -0.4 is 10.6 Å². The van der Waals surface area contributed by atoms with Crippen molar-refractivity contribution in [2.45, 2.75) is 31.7 Å². The van der Waals surface area contributed by atoms with Crippen LogP contribution in [0.15, 0.2) is 60.7 Å². The number of phenols is 1. The molecule has 1 aliphatic heterocycles. The van der Waals surface area contributed by atoms with Gasteiger partial charge >= 0.3 is 0 Å². The minimum atomic E-state index is -0.613. The number of likely N-dealkylation sites (tertiary alicyclic amines) is 1. The van der Waals surface area contributed by atoms with Gasteiger partial charge in [0, 0.05) is 29.2 Å². The van der Waals surface area contributed by atoms with Crippen LogP contribution in [0.2, 0.25) is 0 Å². The first-order valence-corrected chi connectivity index (χ1v) is 11.2. The average Bonchev–Trinajstić information content (AvgIpc) is 3.57. The highest BCUT2D eigenvalue weighted by atomic mass is 16.3. The molecule has 0 radical (unpaired) electrons. The van der Waals surface area contributed by atoms with E-state index in [1.54, 1.807) is 42.5 Å². The van der Waals surface area contributed by atoms with Gasteiger partial charge in [-0.15, -0.1) is 0 Å². The topological polar surface area (TPSA) is 98.7 Å². The molecule has 1 atom stereocenters. The summed E-state index contributed by atoms with van der Waals surface area (Å²) in [7, 11) is 0. The lowest BCUT2D eigenvalue weighted by molar-refractivity contribution is -0.120. The fourth-order valence-corrected chi connectivity index (χ4v) is 4.32. The van der Waals surface area contributed by atoms with Crippen molar-refractivity contribution >= 4 is 39.9 Å². The normalized spacial score (nSPS) is 17.7. The number of anilines is 2. The predicted octanol–water partition coefficient (Wildman–Crippen LogP) is 4.14. The number of carbonyl (C=O) groups is 3. The molecule has 33 heavy (non-hydrogen) atoms. The van der Waals surface area contributed by atoms with Crippen LogP contribution in [0.1, 0.15) is 36.0 Å². The van der Waals surface area contributed by atoms with Gasteiger partial charge in [-0.1, -0.05) is 30.3 Å². The monoisotopic (exact) mass is 443 g/mol. The number of phenolic OH excluding ortho intramolecular Hbond substituents is 1. The van der Waals surface area contributed by atoms with Crippen molar-refractivity contribution in [1.29, 1.82) is 0 Å². The number of fused-ring (bicyclic) bond motifs is 1. The Morgan fingerprint density at radius 1 is 0.818 bits per heavy atom. The summed E-state index contributed by atoms with van der Waals surface area (Å²) in [5.41, 5.74) is 1.48. The van der Waals surface area contributed by atoms with Gasteiger partial charge in [-0.25, -0.2) is 0 Å². The van der Waals surface area contributed by atoms with Gasteiger partial charge < -0.3 is 20.6 Å². The molecule has 7 nitrogen and oxygen atoms in total. The second-order valence-electron chi connectivity index (χ2n) is 8.67. The van der Waals surface area contributed by atoms with Crippen LogP contribution in [0, 0.1) is 5.92 Å². The number of hydrogen-bond acceptors (Lipinski definition) is 4. The Hall–Kier alpha value is -3.87. The third-order valence-electron chi connectivity index (χ3n) is 6.32. The zero-order valence-electron chi connectivity index (χ0n) is 18.1. The highest BCUT2D eigenvalue weighted by molar-refractivity contribution is 6.06. The number of nitrogens with zero attached hydrogens (tertiary/aromatic N) is 1. The maximum absolute atomic E-state index is 13.2. The van der Waals surface area contributed by atoms with Crippen molar-refractivity contribution in [3.05, 3.63) is 66.2 Å². The molecule has 0 aromatic heterocycles. The van der Waals surface area contributed by atoms with E-state index >= 15 is 0 Å². The molecule has 1 saturated carbocycles. The molecular formula is C26H25N3O4. The average molecular weight is 444 g/mol. The quantitative estimate of drug-likeness (QED) is 0.552. The molecule has 2 aliphatic rings. The summed E-state index contributed by atoms with van der Waals surface area (Å²) in [4.78, 5) is 39.6. The van der Waals surface area contributed by atoms with Crippen LogP contribution in [-0.2, 0) is 9.59 Å². The fourth-order valence-electron chi connectivity index (χ4n) is 4.32. The van der Waals surface area contributed by atoms with E-state index in [-0.39, 0.29) is 35.0 Å². The van der Waals surface area contributed by atoms with Gasteiger partial charge in [0.15, 0.2) is 0 Å². The van der Waals surface area contributed by atoms with Crippen molar-refractivity contribution < 1.29 is 19.5 Å². The highest BCUT2D eigenvalue weighted by Gasteiger charge is 2.35. The number of nitrogens with one attached hydrogen (secondary N) is 2. The molecule has 3 N–H and O–H groups in total. The first-order valence-electron chi connectivity index (χ1n) is 11.2. The molecule has 2 fully saturated rings. The first-order chi connectivity index (χ1) is 16.0. The SMILES string of the molecule is O=C(Nc1ccc(NC(=O)C2CCCN2C(=O)c2ccc3ccccc3c2O)cc1)C1CC1. The van der Waals surface area contributed by atoms with Gasteiger partial charge in [0.1, 0.15) is 11.8 Å². The summed E-state index contributed by atoms with van der Waals surface area (Å²) in [5, 5.41) is 17.9. The lowest BCUT2D eigenvalue weighted by Crippen LogP contribution is -2.43. The molecule has 0 spiro atoms. The van der Waals surface area contributed by atoms with E-state index in [9.17, 15) is 19.5 Å². The molecule has 1 aliphatic carbocycles. The maximum Gasteiger partial charge on any atom is 0.258 e. The number of hydrogen-bond donors (Lipinski definition) is 3. The van der Waals surface area contributed by atoms with E-state index in [0.717, 1.165) is 18.2 Å². The fraction of sp³-hybridized carbons (Fsp3) is 0.269. The van der Waals surface area contributed by atoms with E-state index in [1.165, 1.54) is 4.90 Å². The van der Waals surface area contributed by atoms with Crippen molar-refractivity contribution in [2.75, 3.05) is 17.2 Å². The standard InChI is InChI=1S/C26H25N3O4/c30-23-20-5-2-1-4-16(20)9-14-21(23)26(33)29-15-3-6-22(29)25(32)28-19-12-10-18(11-13-19)27-24(31)17-7-8-17/h1-2,4-5,9-14,17,22,30H,3,6-8,15H2,(H,27,31)(H,28,32). The van der Waals surface area contributed by atoms with E-state index in [4.69, 9.17) is 0 Å². The van der Waals surface area contributed by atoms with Crippen molar-refractivity contribution in [1.82, 2.24) is 4.90 Å². The summed E-state index contributed by atoms with van der Waals surface area (Å²) in [6, 6.07) is 17.1. The molecule has 3 aromatic rings. The van der Waals surface area contributed by atoms with Crippen LogP contribution in [0.3, 0.4) is 0 Å². The molecule has 1 unspecified atom stereocenters. The number of benzene rings is 3. The highest BCUT2D eigenvalue weighted by Crippen LogP contribution is 2.32. The molecule has 7 heteroatoms. The zero-order valence-corrected chi connectivity index (χ0v) is 18.1. The maximum atomic E-state index is 13.2.